The van der Waals surface area contributed by atoms with Crippen molar-refractivity contribution in [3.63, 3.8) is 0 Å². The molecule has 3 aromatic rings. The fourth-order valence-electron chi connectivity index (χ4n) is 5.67. The van der Waals surface area contributed by atoms with Gasteiger partial charge in [0.05, 0.1) is 17.6 Å². The molecule has 0 saturated heterocycles. The minimum atomic E-state index is -0.997. The van der Waals surface area contributed by atoms with Crippen LogP contribution >= 0.6 is 0 Å². The van der Waals surface area contributed by atoms with Gasteiger partial charge in [-0.15, -0.1) is 0 Å². The van der Waals surface area contributed by atoms with E-state index in [1.807, 2.05) is 54.0 Å². The number of nitrogens with zero attached hydrogens (tertiary/aromatic N) is 3. The minimum Gasteiger partial charge on any atom is -0.351 e. The molecule has 0 bridgehead atoms. The molecule has 1 aliphatic heterocycles. The van der Waals surface area contributed by atoms with Crippen LogP contribution in [-0.4, -0.2) is 44.4 Å². The molecule has 4 atom stereocenters. The van der Waals surface area contributed by atoms with E-state index in [4.69, 9.17) is 0 Å². The van der Waals surface area contributed by atoms with Crippen molar-refractivity contribution in [3.8, 4) is 0 Å². The van der Waals surface area contributed by atoms with Gasteiger partial charge >= 0.3 is 0 Å². The fraction of sp³-hybridized carbons (Fsp3) is 0.464. The second-order valence-corrected chi connectivity index (χ2v) is 10.3. The van der Waals surface area contributed by atoms with Crippen LogP contribution in [0.1, 0.15) is 56.2 Å². The Labute approximate surface area is 201 Å². The number of carbonyl (C=O) groups is 2. The van der Waals surface area contributed by atoms with Crippen LogP contribution in [0.5, 0.6) is 0 Å². The average molecular weight is 459 g/mol. The molecule has 2 aromatic carbocycles. The van der Waals surface area contributed by atoms with E-state index in [2.05, 4.69) is 36.3 Å². The average Bonchev–Trinajstić information content (AvgIpc) is 3.21. The minimum absolute atomic E-state index is 0.0664. The number of fused-ring (bicyclic) bond motifs is 3. The SMILES string of the molecule is C[C@H]1[C@H](C)CCC[C@@H]1NC(=O)[C@]1(C)Cn2c(nc3ccccc32)C(=O)N1CCc1ccccc1. The summed E-state index contributed by atoms with van der Waals surface area (Å²) in [6, 6.07) is 18.0. The lowest BCUT2D eigenvalue weighted by atomic mass is 9.77. The maximum Gasteiger partial charge on any atom is 0.290 e. The van der Waals surface area contributed by atoms with Crippen molar-refractivity contribution in [2.75, 3.05) is 6.54 Å². The predicted molar refractivity (Wildman–Crippen MR) is 133 cm³/mol. The summed E-state index contributed by atoms with van der Waals surface area (Å²) >= 11 is 0. The number of rotatable bonds is 5. The van der Waals surface area contributed by atoms with Gasteiger partial charge < -0.3 is 14.8 Å². The standard InChI is InChI=1S/C28H34N4O2/c1-19-10-9-14-22(20(19)2)30-27(34)28(3)18-31-24-15-8-7-13-23(24)29-25(31)26(33)32(28)17-16-21-11-5-4-6-12-21/h4-8,11-13,15,19-20,22H,9-10,14,16-18H2,1-3H3,(H,30,34)/t19-,20+,22+,28+/m1/s1. The second kappa shape index (κ2) is 8.90. The molecule has 6 nitrogen and oxygen atoms in total. The molecular formula is C28H34N4O2. The van der Waals surface area contributed by atoms with Crippen molar-refractivity contribution >= 4 is 22.8 Å². The first-order valence-corrected chi connectivity index (χ1v) is 12.5. The Morgan fingerprint density at radius 2 is 1.82 bits per heavy atom. The van der Waals surface area contributed by atoms with Gasteiger partial charge in [-0.3, -0.25) is 9.59 Å². The van der Waals surface area contributed by atoms with Crippen LogP contribution in [0, 0.1) is 11.8 Å². The highest BCUT2D eigenvalue weighted by Gasteiger charge is 2.49. The Bertz CT molecular complexity index is 1200. The van der Waals surface area contributed by atoms with Crippen LogP contribution in [-0.2, 0) is 17.8 Å². The van der Waals surface area contributed by atoms with Gasteiger partial charge in [-0.05, 0) is 49.3 Å². The van der Waals surface area contributed by atoms with E-state index in [9.17, 15) is 9.59 Å². The van der Waals surface area contributed by atoms with Gasteiger partial charge in [-0.2, -0.15) is 0 Å². The van der Waals surface area contributed by atoms with Crippen LogP contribution in [0.25, 0.3) is 11.0 Å². The largest absolute Gasteiger partial charge is 0.351 e. The quantitative estimate of drug-likeness (QED) is 0.615. The van der Waals surface area contributed by atoms with Crippen LogP contribution < -0.4 is 5.32 Å². The molecule has 2 aliphatic rings. The molecule has 1 N–H and O–H groups in total. The van der Waals surface area contributed by atoms with Gasteiger partial charge in [0.25, 0.3) is 5.91 Å². The first-order valence-electron chi connectivity index (χ1n) is 12.5. The summed E-state index contributed by atoms with van der Waals surface area (Å²) in [6.45, 7) is 7.28. The number of para-hydroxylation sites is 2. The number of benzene rings is 2. The zero-order valence-electron chi connectivity index (χ0n) is 20.3. The lowest BCUT2D eigenvalue weighted by Gasteiger charge is -2.45. The monoisotopic (exact) mass is 458 g/mol. The van der Waals surface area contributed by atoms with E-state index in [0.717, 1.165) is 29.4 Å². The maximum atomic E-state index is 13.9. The second-order valence-electron chi connectivity index (χ2n) is 10.3. The lowest BCUT2D eigenvalue weighted by Crippen LogP contribution is -2.66. The van der Waals surface area contributed by atoms with Gasteiger partial charge in [-0.1, -0.05) is 69.2 Å². The maximum absolute atomic E-state index is 13.9. The van der Waals surface area contributed by atoms with Gasteiger partial charge in [0, 0.05) is 12.6 Å². The molecule has 1 aromatic heterocycles. The number of carbonyl (C=O) groups excluding carboxylic acids is 2. The van der Waals surface area contributed by atoms with Crippen molar-refractivity contribution in [3.05, 3.63) is 66.0 Å². The highest BCUT2D eigenvalue weighted by Crippen LogP contribution is 2.33. The molecule has 1 fully saturated rings. The van der Waals surface area contributed by atoms with E-state index in [-0.39, 0.29) is 17.9 Å². The lowest BCUT2D eigenvalue weighted by molar-refractivity contribution is -0.134. The molecule has 178 valence electrons. The van der Waals surface area contributed by atoms with E-state index < -0.39 is 5.54 Å². The summed E-state index contributed by atoms with van der Waals surface area (Å²) < 4.78 is 1.93. The number of hydrogen-bond acceptors (Lipinski definition) is 3. The Morgan fingerprint density at radius 1 is 1.09 bits per heavy atom. The summed E-state index contributed by atoms with van der Waals surface area (Å²) in [5.41, 5.74) is 1.83. The van der Waals surface area contributed by atoms with Crippen molar-refractivity contribution in [2.24, 2.45) is 11.8 Å². The van der Waals surface area contributed by atoms with Crippen LogP contribution in [0.15, 0.2) is 54.6 Å². The smallest absolute Gasteiger partial charge is 0.290 e. The Morgan fingerprint density at radius 3 is 2.62 bits per heavy atom. The van der Waals surface area contributed by atoms with E-state index >= 15 is 0 Å². The third kappa shape index (κ3) is 3.89. The highest BCUT2D eigenvalue weighted by molar-refractivity contribution is 6.01. The van der Waals surface area contributed by atoms with Gasteiger partial charge in [-0.25, -0.2) is 4.98 Å². The first-order chi connectivity index (χ1) is 16.4. The molecule has 1 saturated carbocycles. The normalized spacial score (nSPS) is 27.0. The molecule has 0 radical (unpaired) electrons. The third-order valence-electron chi connectivity index (χ3n) is 8.13. The third-order valence-corrected chi connectivity index (χ3v) is 8.13. The zero-order valence-corrected chi connectivity index (χ0v) is 20.3. The van der Waals surface area contributed by atoms with Crippen molar-refractivity contribution in [2.45, 2.75) is 64.6 Å². The van der Waals surface area contributed by atoms with Gasteiger partial charge in [0.2, 0.25) is 5.91 Å². The van der Waals surface area contributed by atoms with Crippen LogP contribution in [0.2, 0.25) is 0 Å². The molecular weight excluding hydrogens is 424 g/mol. The number of nitrogens with one attached hydrogen (secondary N) is 1. The summed E-state index contributed by atoms with van der Waals surface area (Å²) in [6.07, 6.45) is 4.01. The molecule has 2 amide bonds. The summed E-state index contributed by atoms with van der Waals surface area (Å²) in [7, 11) is 0. The number of imidazole rings is 1. The molecule has 34 heavy (non-hydrogen) atoms. The zero-order chi connectivity index (χ0) is 23.9. The number of amides is 2. The van der Waals surface area contributed by atoms with Crippen molar-refractivity contribution < 1.29 is 9.59 Å². The van der Waals surface area contributed by atoms with Crippen molar-refractivity contribution in [1.29, 1.82) is 0 Å². The molecule has 2 heterocycles. The summed E-state index contributed by atoms with van der Waals surface area (Å²) in [5.74, 6) is 1.17. The predicted octanol–water partition coefficient (Wildman–Crippen LogP) is 4.43. The van der Waals surface area contributed by atoms with Gasteiger partial charge in [0.1, 0.15) is 5.54 Å². The number of hydrogen-bond donors (Lipinski definition) is 1. The summed E-state index contributed by atoms with van der Waals surface area (Å²) in [4.78, 5) is 34.1. The Balaban J connectivity index is 1.49. The highest BCUT2D eigenvalue weighted by atomic mass is 16.2. The Hall–Kier alpha value is -3.15. The molecule has 6 heteroatoms. The van der Waals surface area contributed by atoms with Crippen molar-refractivity contribution in [1.82, 2.24) is 19.8 Å². The molecule has 1 aliphatic carbocycles. The van der Waals surface area contributed by atoms with E-state index in [0.29, 0.717) is 37.2 Å². The van der Waals surface area contributed by atoms with Crippen LogP contribution in [0.3, 0.4) is 0 Å². The molecule has 0 spiro atoms. The van der Waals surface area contributed by atoms with E-state index in [1.165, 1.54) is 6.42 Å². The van der Waals surface area contributed by atoms with Gasteiger partial charge in [0.15, 0.2) is 5.82 Å². The fourth-order valence-corrected chi connectivity index (χ4v) is 5.67. The van der Waals surface area contributed by atoms with Crippen LogP contribution in [0.4, 0.5) is 0 Å². The van der Waals surface area contributed by atoms with E-state index in [1.54, 1.807) is 4.90 Å². The topological polar surface area (TPSA) is 67.2 Å². The number of aromatic nitrogens is 2. The first kappa shape index (κ1) is 22.6. The molecule has 5 rings (SSSR count). The molecule has 0 unspecified atom stereocenters. The summed E-state index contributed by atoms with van der Waals surface area (Å²) in [5, 5.41) is 3.36. The Kier molecular flexibility index (Phi) is 5.92.